The second-order valence-electron chi connectivity index (χ2n) is 9.88. The quantitative estimate of drug-likeness (QED) is 0.348. The number of halogens is 6. The van der Waals surface area contributed by atoms with Crippen LogP contribution in [-0.4, -0.2) is 103 Å². The molecular weight excluding hydrogens is 562 g/mol. The highest BCUT2D eigenvalue weighted by Crippen LogP contribution is 2.30. The molecule has 11 nitrogen and oxygen atoms in total. The molecule has 3 aliphatic rings. The van der Waals surface area contributed by atoms with Crippen molar-refractivity contribution in [2.75, 3.05) is 57.4 Å². The van der Waals surface area contributed by atoms with Crippen LogP contribution in [0.5, 0.6) is 0 Å². The number of ether oxygens (including phenoxy) is 1. The number of alkyl halides is 6. The van der Waals surface area contributed by atoms with Crippen LogP contribution in [0, 0.1) is 11.8 Å². The monoisotopic (exact) mass is 592 g/mol. The summed E-state index contributed by atoms with van der Waals surface area (Å²) in [7, 11) is 0. The van der Waals surface area contributed by atoms with Gasteiger partial charge in [0.15, 0.2) is 5.92 Å². The van der Waals surface area contributed by atoms with Crippen molar-refractivity contribution < 1.29 is 40.7 Å². The zero-order chi connectivity index (χ0) is 29.6. The number of hydrazone groups is 1. The topological polar surface area (TPSA) is 124 Å². The Morgan fingerprint density at radius 2 is 1.73 bits per heavy atom. The van der Waals surface area contributed by atoms with Gasteiger partial charge in [0.25, 0.3) is 5.91 Å². The van der Waals surface area contributed by atoms with E-state index in [1.54, 1.807) is 9.80 Å². The number of aliphatic imine (C=N–C) groups is 1. The van der Waals surface area contributed by atoms with Crippen LogP contribution in [0.15, 0.2) is 22.5 Å². The highest BCUT2D eigenvalue weighted by atomic mass is 19.4. The van der Waals surface area contributed by atoms with Crippen molar-refractivity contribution in [3.8, 4) is 0 Å². The van der Waals surface area contributed by atoms with E-state index >= 15 is 0 Å². The SMILES string of the molecule is O=C1NN=CC(=N[C@H](COCCC(=O)N2CCN(c3ncc(C(F)(F)F)cn3)CC2)C2CCNCC2)C1C(F)(F)F. The minimum Gasteiger partial charge on any atom is -0.379 e. The summed E-state index contributed by atoms with van der Waals surface area (Å²) in [5.74, 6) is -3.84. The molecule has 2 saturated heterocycles. The highest BCUT2D eigenvalue weighted by molar-refractivity contribution is 6.37. The van der Waals surface area contributed by atoms with Crippen LogP contribution in [-0.2, 0) is 20.5 Å². The molecule has 1 aromatic heterocycles. The van der Waals surface area contributed by atoms with E-state index < -0.39 is 41.5 Å². The fraction of sp³-hybridized carbons (Fsp3) is 0.667. The van der Waals surface area contributed by atoms with Gasteiger partial charge in [-0.25, -0.2) is 15.4 Å². The lowest BCUT2D eigenvalue weighted by molar-refractivity contribution is -0.168. The van der Waals surface area contributed by atoms with Crippen molar-refractivity contribution in [1.82, 2.24) is 25.6 Å². The maximum absolute atomic E-state index is 13.5. The maximum Gasteiger partial charge on any atom is 0.419 e. The number of anilines is 1. The molecule has 2 atom stereocenters. The van der Waals surface area contributed by atoms with Gasteiger partial charge in [0.05, 0.1) is 43.2 Å². The number of piperidine rings is 1. The minimum absolute atomic E-state index is 0.0185. The molecule has 0 aliphatic carbocycles. The Hall–Kier alpha value is -3.34. The average Bonchev–Trinajstić information content (AvgIpc) is 2.94. The molecule has 0 saturated carbocycles. The summed E-state index contributed by atoms with van der Waals surface area (Å²) in [4.78, 5) is 39.7. The van der Waals surface area contributed by atoms with Gasteiger partial charge < -0.3 is 19.9 Å². The Bertz CT molecular complexity index is 1110. The summed E-state index contributed by atoms with van der Waals surface area (Å²) in [6.07, 6.45) is -5.65. The third kappa shape index (κ3) is 8.12. The fourth-order valence-corrected chi connectivity index (χ4v) is 4.87. The Kier molecular flexibility index (Phi) is 9.78. The lowest BCUT2D eigenvalue weighted by Gasteiger charge is -2.34. The van der Waals surface area contributed by atoms with Crippen LogP contribution >= 0.6 is 0 Å². The molecule has 1 aromatic rings. The molecule has 4 heterocycles. The molecule has 2 fully saturated rings. The van der Waals surface area contributed by atoms with Gasteiger partial charge in [0, 0.05) is 38.6 Å². The molecule has 2 N–H and O–H groups in total. The molecule has 4 rings (SSSR count). The molecule has 1 unspecified atom stereocenters. The zero-order valence-corrected chi connectivity index (χ0v) is 21.9. The van der Waals surface area contributed by atoms with E-state index in [1.165, 1.54) is 0 Å². The maximum atomic E-state index is 13.5. The van der Waals surface area contributed by atoms with Crippen molar-refractivity contribution in [1.29, 1.82) is 0 Å². The first kappa shape index (κ1) is 30.6. The van der Waals surface area contributed by atoms with E-state index in [9.17, 15) is 35.9 Å². The Balaban J connectivity index is 1.28. The van der Waals surface area contributed by atoms with Crippen molar-refractivity contribution >= 4 is 29.7 Å². The van der Waals surface area contributed by atoms with Gasteiger partial charge in [-0.15, -0.1) is 0 Å². The van der Waals surface area contributed by atoms with Crippen molar-refractivity contribution in [2.45, 2.75) is 37.7 Å². The molecule has 0 aromatic carbocycles. The summed E-state index contributed by atoms with van der Waals surface area (Å²) in [5, 5.41) is 6.68. The zero-order valence-electron chi connectivity index (χ0n) is 21.9. The number of nitrogens with zero attached hydrogens (tertiary/aromatic N) is 6. The van der Waals surface area contributed by atoms with E-state index in [1.807, 2.05) is 5.43 Å². The van der Waals surface area contributed by atoms with Crippen LogP contribution in [0.1, 0.15) is 24.8 Å². The lowest BCUT2D eigenvalue weighted by Crippen LogP contribution is -2.49. The molecule has 2 amide bonds. The standard InChI is InChI=1S/C24H30F6N8O3/c25-23(26,27)16-11-32-22(33-12-16)38-8-6-37(7-9-38)19(39)3-10-41-14-18(15-1-4-31-5-2-15)35-17-13-34-36-21(40)20(17)24(28,29)30/h11-13,15,18,20,31H,1-10,14H2,(H,36,40)/t18-,20?/m1/s1. The average molecular weight is 593 g/mol. The van der Waals surface area contributed by atoms with Crippen molar-refractivity contribution in [3.05, 3.63) is 18.0 Å². The fourth-order valence-electron chi connectivity index (χ4n) is 4.87. The molecule has 0 radical (unpaired) electrons. The van der Waals surface area contributed by atoms with Crippen LogP contribution in [0.4, 0.5) is 32.3 Å². The second kappa shape index (κ2) is 13.1. The van der Waals surface area contributed by atoms with E-state index in [0.717, 1.165) is 18.6 Å². The molecule has 3 aliphatic heterocycles. The van der Waals surface area contributed by atoms with Gasteiger partial charge in [-0.05, 0) is 31.8 Å². The largest absolute Gasteiger partial charge is 0.419 e. The number of amides is 2. The first-order valence-electron chi connectivity index (χ1n) is 13.1. The predicted molar refractivity (Wildman–Crippen MR) is 134 cm³/mol. The lowest BCUT2D eigenvalue weighted by atomic mass is 9.90. The second-order valence-corrected chi connectivity index (χ2v) is 9.88. The number of hydrogen-bond acceptors (Lipinski definition) is 9. The third-order valence-corrected chi connectivity index (χ3v) is 7.13. The number of nitrogens with one attached hydrogen (secondary N) is 2. The number of hydrogen-bond donors (Lipinski definition) is 2. The predicted octanol–water partition coefficient (Wildman–Crippen LogP) is 1.65. The molecule has 41 heavy (non-hydrogen) atoms. The first-order valence-corrected chi connectivity index (χ1v) is 13.1. The summed E-state index contributed by atoms with van der Waals surface area (Å²) >= 11 is 0. The number of carbonyl (C=O) groups is 2. The molecule has 0 spiro atoms. The van der Waals surface area contributed by atoms with E-state index in [4.69, 9.17) is 4.74 Å². The minimum atomic E-state index is -4.83. The Morgan fingerprint density at radius 3 is 2.34 bits per heavy atom. The van der Waals surface area contributed by atoms with Gasteiger partial charge in [0.1, 0.15) is 0 Å². The van der Waals surface area contributed by atoms with Gasteiger partial charge in [-0.1, -0.05) is 0 Å². The normalized spacial score (nSPS) is 22.6. The first-order chi connectivity index (χ1) is 19.4. The molecule has 17 heteroatoms. The summed E-state index contributed by atoms with van der Waals surface area (Å²) in [6.45, 7) is 2.64. The van der Waals surface area contributed by atoms with Gasteiger partial charge in [0.2, 0.25) is 11.9 Å². The number of carbonyl (C=O) groups excluding carboxylic acids is 2. The van der Waals surface area contributed by atoms with Gasteiger partial charge in [-0.2, -0.15) is 31.4 Å². The van der Waals surface area contributed by atoms with E-state index in [2.05, 4.69) is 25.4 Å². The van der Waals surface area contributed by atoms with E-state index in [0.29, 0.717) is 52.1 Å². The van der Waals surface area contributed by atoms with E-state index in [-0.39, 0.29) is 37.4 Å². The molecule has 226 valence electrons. The highest BCUT2D eigenvalue weighted by Gasteiger charge is 2.49. The smallest absolute Gasteiger partial charge is 0.379 e. The summed E-state index contributed by atoms with van der Waals surface area (Å²) in [5.41, 5.74) is 0.416. The number of rotatable bonds is 8. The van der Waals surface area contributed by atoms with Crippen LogP contribution in [0.2, 0.25) is 0 Å². The van der Waals surface area contributed by atoms with Crippen molar-refractivity contribution in [3.63, 3.8) is 0 Å². The molecule has 0 bridgehead atoms. The Morgan fingerprint density at radius 1 is 1.07 bits per heavy atom. The summed E-state index contributed by atoms with van der Waals surface area (Å²) < 4.78 is 84.5. The molecular formula is C24H30F6N8O3. The van der Waals surface area contributed by atoms with Gasteiger partial charge in [-0.3, -0.25) is 14.6 Å². The number of aromatic nitrogens is 2. The number of piperazine rings is 1. The van der Waals surface area contributed by atoms with Crippen LogP contribution < -0.4 is 15.6 Å². The van der Waals surface area contributed by atoms with Crippen molar-refractivity contribution in [2.24, 2.45) is 21.9 Å². The Labute approximate surface area is 231 Å². The summed E-state index contributed by atoms with van der Waals surface area (Å²) in [6, 6.07) is -0.656. The van der Waals surface area contributed by atoms with Crippen LogP contribution in [0.25, 0.3) is 0 Å². The van der Waals surface area contributed by atoms with Crippen LogP contribution in [0.3, 0.4) is 0 Å². The third-order valence-electron chi connectivity index (χ3n) is 7.13. The van der Waals surface area contributed by atoms with Gasteiger partial charge >= 0.3 is 12.4 Å².